The Kier molecular flexibility index (Phi) is 4.66. The highest BCUT2D eigenvalue weighted by Gasteiger charge is 2.30. The summed E-state index contributed by atoms with van der Waals surface area (Å²) in [5.74, 6) is 1.53. The van der Waals surface area contributed by atoms with Gasteiger partial charge in [-0.1, -0.05) is 23.9 Å². The van der Waals surface area contributed by atoms with Crippen LogP contribution in [0.5, 0.6) is 0 Å². The van der Waals surface area contributed by atoms with Gasteiger partial charge in [0.1, 0.15) is 5.82 Å². The van der Waals surface area contributed by atoms with Crippen molar-refractivity contribution in [3.8, 4) is 0 Å². The fraction of sp³-hybridized carbons (Fsp3) is 0.438. The van der Waals surface area contributed by atoms with Gasteiger partial charge in [-0.15, -0.1) is 10.2 Å². The average molecular weight is 346 g/mol. The second-order valence-electron chi connectivity index (χ2n) is 5.83. The smallest absolute Gasteiger partial charge is 0.273 e. The molecule has 7 nitrogen and oxygen atoms in total. The van der Waals surface area contributed by atoms with E-state index in [0.717, 1.165) is 30.4 Å². The van der Waals surface area contributed by atoms with Gasteiger partial charge in [0.25, 0.3) is 5.69 Å². The lowest BCUT2D eigenvalue weighted by Gasteiger charge is -2.06. The first-order valence-corrected chi connectivity index (χ1v) is 8.84. The third-order valence-electron chi connectivity index (χ3n) is 4.06. The van der Waals surface area contributed by atoms with E-state index in [1.54, 1.807) is 19.1 Å². The van der Waals surface area contributed by atoms with Gasteiger partial charge in [-0.3, -0.25) is 14.9 Å². The number of rotatable bonds is 7. The van der Waals surface area contributed by atoms with E-state index >= 15 is 0 Å². The molecule has 1 aromatic carbocycles. The molecular formula is C16H18N4O3S. The first kappa shape index (κ1) is 16.6. The molecule has 0 atom stereocenters. The number of nitrogens with zero attached hydrogens (tertiary/aromatic N) is 4. The number of nitro groups is 1. The number of hydrogen-bond acceptors (Lipinski definition) is 6. The Hall–Kier alpha value is -2.22. The van der Waals surface area contributed by atoms with Crippen LogP contribution in [0.15, 0.2) is 23.4 Å². The molecule has 1 heterocycles. The van der Waals surface area contributed by atoms with E-state index in [-0.39, 0.29) is 17.2 Å². The normalized spacial score (nSPS) is 13.9. The Labute approximate surface area is 143 Å². The first-order valence-electron chi connectivity index (χ1n) is 7.85. The monoisotopic (exact) mass is 346 g/mol. The van der Waals surface area contributed by atoms with Crippen molar-refractivity contribution in [1.82, 2.24) is 14.8 Å². The predicted octanol–water partition coefficient (Wildman–Crippen LogP) is 3.37. The highest BCUT2D eigenvalue weighted by atomic mass is 32.2. The zero-order valence-electron chi connectivity index (χ0n) is 13.6. The zero-order valence-corrected chi connectivity index (χ0v) is 14.4. The Bertz CT molecular complexity index is 799. The van der Waals surface area contributed by atoms with Crippen LogP contribution in [-0.4, -0.2) is 31.2 Å². The number of aromatic nitrogens is 3. The van der Waals surface area contributed by atoms with E-state index in [0.29, 0.717) is 17.0 Å². The summed E-state index contributed by atoms with van der Waals surface area (Å²) in [5, 5.41) is 20.2. The maximum Gasteiger partial charge on any atom is 0.273 e. The third-order valence-corrected chi connectivity index (χ3v) is 5.03. The number of ketones is 1. The fourth-order valence-corrected chi connectivity index (χ4v) is 3.44. The highest BCUT2D eigenvalue weighted by Crippen LogP contribution is 2.40. The maximum atomic E-state index is 12.4. The standard InChI is InChI=1S/C16H18N4O3S/c1-3-19-15(11-6-7-11)17-18-16(19)24-9-14(21)12-5-4-10(2)13(8-12)20(22)23/h4-5,8,11H,3,6-7,9H2,1-2H3. The van der Waals surface area contributed by atoms with Crippen LogP contribution >= 0.6 is 11.8 Å². The van der Waals surface area contributed by atoms with E-state index in [2.05, 4.69) is 10.2 Å². The number of carbonyl (C=O) groups excluding carboxylic acids is 1. The molecule has 0 radical (unpaired) electrons. The molecule has 24 heavy (non-hydrogen) atoms. The summed E-state index contributed by atoms with van der Waals surface area (Å²) in [6.45, 7) is 4.46. The summed E-state index contributed by atoms with van der Waals surface area (Å²) in [5.41, 5.74) is 0.868. The SMILES string of the molecule is CCn1c(SCC(=O)c2ccc(C)c([N+](=O)[O-])c2)nnc1C1CC1. The molecule has 0 saturated heterocycles. The van der Waals surface area contributed by atoms with Crippen LogP contribution in [-0.2, 0) is 6.54 Å². The molecule has 8 heteroatoms. The van der Waals surface area contributed by atoms with Crippen molar-refractivity contribution >= 4 is 23.2 Å². The second kappa shape index (κ2) is 6.72. The van der Waals surface area contributed by atoms with Crippen LogP contribution in [0.2, 0.25) is 0 Å². The van der Waals surface area contributed by atoms with Crippen LogP contribution in [0.1, 0.15) is 47.4 Å². The van der Waals surface area contributed by atoms with Crippen LogP contribution in [0.3, 0.4) is 0 Å². The highest BCUT2D eigenvalue weighted by molar-refractivity contribution is 7.99. The van der Waals surface area contributed by atoms with E-state index in [9.17, 15) is 14.9 Å². The summed E-state index contributed by atoms with van der Waals surface area (Å²) in [7, 11) is 0. The van der Waals surface area contributed by atoms with Crippen LogP contribution in [0.4, 0.5) is 5.69 Å². The summed E-state index contributed by atoms with van der Waals surface area (Å²) in [6, 6.07) is 4.58. The van der Waals surface area contributed by atoms with Crippen molar-refractivity contribution in [3.63, 3.8) is 0 Å². The molecular weight excluding hydrogens is 328 g/mol. The molecule has 0 unspecified atom stereocenters. The largest absolute Gasteiger partial charge is 0.306 e. The van der Waals surface area contributed by atoms with Crippen molar-refractivity contribution in [2.45, 2.75) is 44.3 Å². The minimum absolute atomic E-state index is 0.0291. The number of Topliss-reactive ketones (excluding diaryl/α,β-unsaturated/α-hetero) is 1. The van der Waals surface area contributed by atoms with Gasteiger partial charge in [0.05, 0.1) is 10.7 Å². The lowest BCUT2D eigenvalue weighted by Crippen LogP contribution is -2.06. The van der Waals surface area contributed by atoms with Gasteiger partial charge in [-0.25, -0.2) is 0 Å². The average Bonchev–Trinajstić information content (AvgIpc) is 3.32. The Morgan fingerprint density at radius 2 is 2.17 bits per heavy atom. The van der Waals surface area contributed by atoms with E-state index < -0.39 is 4.92 Å². The molecule has 1 aliphatic rings. The van der Waals surface area contributed by atoms with Crippen molar-refractivity contribution in [1.29, 1.82) is 0 Å². The molecule has 0 bridgehead atoms. The number of carbonyl (C=O) groups is 1. The fourth-order valence-electron chi connectivity index (χ4n) is 2.54. The molecule has 126 valence electrons. The zero-order chi connectivity index (χ0) is 17.3. The van der Waals surface area contributed by atoms with Crippen LogP contribution in [0.25, 0.3) is 0 Å². The Morgan fingerprint density at radius 3 is 2.79 bits per heavy atom. The second-order valence-corrected chi connectivity index (χ2v) is 6.77. The number of nitro benzene ring substituents is 1. The van der Waals surface area contributed by atoms with Crippen LogP contribution in [0, 0.1) is 17.0 Å². The molecule has 2 aromatic rings. The molecule has 1 aliphatic carbocycles. The van der Waals surface area contributed by atoms with Crippen molar-refractivity contribution in [2.75, 3.05) is 5.75 Å². The molecule has 1 aromatic heterocycles. The van der Waals surface area contributed by atoms with E-state index in [4.69, 9.17) is 0 Å². The van der Waals surface area contributed by atoms with Gasteiger partial charge in [0.15, 0.2) is 10.9 Å². The number of benzene rings is 1. The molecule has 1 fully saturated rings. The topological polar surface area (TPSA) is 90.9 Å². The number of aryl methyl sites for hydroxylation is 1. The number of hydrogen-bond donors (Lipinski definition) is 0. The van der Waals surface area contributed by atoms with Gasteiger partial charge in [-0.05, 0) is 26.7 Å². The predicted molar refractivity (Wildman–Crippen MR) is 90.6 cm³/mol. The van der Waals surface area contributed by atoms with Gasteiger partial charge in [0, 0.05) is 29.7 Å². The summed E-state index contributed by atoms with van der Waals surface area (Å²) < 4.78 is 2.05. The van der Waals surface area contributed by atoms with Gasteiger partial charge >= 0.3 is 0 Å². The van der Waals surface area contributed by atoms with Gasteiger partial charge in [-0.2, -0.15) is 0 Å². The van der Waals surface area contributed by atoms with Gasteiger partial charge in [0.2, 0.25) is 0 Å². The molecule has 1 saturated carbocycles. The third kappa shape index (κ3) is 3.33. The summed E-state index contributed by atoms with van der Waals surface area (Å²) in [4.78, 5) is 22.9. The molecule has 0 N–H and O–H groups in total. The first-order chi connectivity index (χ1) is 11.5. The Morgan fingerprint density at radius 1 is 1.42 bits per heavy atom. The molecule has 3 rings (SSSR count). The van der Waals surface area contributed by atoms with E-state index in [1.165, 1.54) is 17.8 Å². The molecule has 0 spiro atoms. The minimum atomic E-state index is -0.463. The maximum absolute atomic E-state index is 12.4. The van der Waals surface area contributed by atoms with Gasteiger partial charge < -0.3 is 4.57 Å². The van der Waals surface area contributed by atoms with Crippen molar-refractivity contribution in [2.24, 2.45) is 0 Å². The summed E-state index contributed by atoms with van der Waals surface area (Å²) >= 11 is 1.33. The minimum Gasteiger partial charge on any atom is -0.306 e. The van der Waals surface area contributed by atoms with E-state index in [1.807, 2.05) is 11.5 Å². The lowest BCUT2D eigenvalue weighted by molar-refractivity contribution is -0.385. The number of thioether (sulfide) groups is 1. The van der Waals surface area contributed by atoms with Crippen molar-refractivity contribution in [3.05, 3.63) is 45.3 Å². The molecule has 0 aliphatic heterocycles. The molecule has 0 amide bonds. The Balaban J connectivity index is 1.72. The lowest BCUT2D eigenvalue weighted by atomic mass is 10.1. The quantitative estimate of drug-likeness (QED) is 0.330. The van der Waals surface area contributed by atoms with Crippen molar-refractivity contribution < 1.29 is 9.72 Å². The summed E-state index contributed by atoms with van der Waals surface area (Å²) in [6.07, 6.45) is 2.30. The van der Waals surface area contributed by atoms with Crippen LogP contribution < -0.4 is 0 Å².